The summed E-state index contributed by atoms with van der Waals surface area (Å²) >= 11 is 0. The van der Waals surface area contributed by atoms with E-state index in [0.717, 1.165) is 0 Å². The molecular weight excluding hydrogens is 285 g/mol. The number of rotatable bonds is 3. The lowest BCUT2D eigenvalue weighted by atomic mass is 10.1. The van der Waals surface area contributed by atoms with Gasteiger partial charge in [0.1, 0.15) is 5.82 Å². The molecule has 0 fully saturated rings. The van der Waals surface area contributed by atoms with Gasteiger partial charge in [0.25, 0.3) is 0 Å². The SMILES string of the molecule is CCNC(=O)Nc1nc2cc(-c3cccnc3)c(F)cc2[nH]1. The summed E-state index contributed by atoms with van der Waals surface area (Å²) in [4.78, 5) is 22.6. The molecule has 0 spiro atoms. The van der Waals surface area contributed by atoms with Gasteiger partial charge in [0.05, 0.1) is 11.0 Å². The average molecular weight is 299 g/mol. The Bertz CT molecular complexity index is 815. The minimum atomic E-state index is -0.381. The van der Waals surface area contributed by atoms with Gasteiger partial charge in [-0.05, 0) is 19.1 Å². The average Bonchev–Trinajstić information content (AvgIpc) is 2.88. The highest BCUT2D eigenvalue weighted by Gasteiger charge is 2.11. The molecule has 7 heteroatoms. The number of imidazole rings is 1. The van der Waals surface area contributed by atoms with Crippen LogP contribution in [0.15, 0.2) is 36.7 Å². The van der Waals surface area contributed by atoms with Gasteiger partial charge in [-0.3, -0.25) is 10.3 Å². The van der Waals surface area contributed by atoms with E-state index >= 15 is 0 Å². The molecule has 0 aliphatic carbocycles. The topological polar surface area (TPSA) is 82.7 Å². The van der Waals surface area contributed by atoms with E-state index in [1.165, 1.54) is 6.07 Å². The van der Waals surface area contributed by atoms with Gasteiger partial charge in [0.2, 0.25) is 5.95 Å². The molecule has 0 saturated heterocycles. The molecule has 112 valence electrons. The van der Waals surface area contributed by atoms with Crippen LogP contribution in [-0.4, -0.2) is 27.5 Å². The van der Waals surface area contributed by atoms with Crippen LogP contribution in [0.1, 0.15) is 6.92 Å². The summed E-state index contributed by atoms with van der Waals surface area (Å²) < 4.78 is 14.2. The monoisotopic (exact) mass is 299 g/mol. The lowest BCUT2D eigenvalue weighted by Gasteiger charge is -2.02. The van der Waals surface area contributed by atoms with Crippen molar-refractivity contribution in [2.24, 2.45) is 0 Å². The maximum atomic E-state index is 14.2. The van der Waals surface area contributed by atoms with Gasteiger partial charge in [-0.25, -0.2) is 14.2 Å². The molecule has 2 aromatic heterocycles. The zero-order valence-corrected chi connectivity index (χ0v) is 11.9. The molecule has 0 unspecified atom stereocenters. The van der Waals surface area contributed by atoms with Gasteiger partial charge in [0, 0.05) is 36.1 Å². The van der Waals surface area contributed by atoms with E-state index in [-0.39, 0.29) is 17.8 Å². The molecular formula is C15H14FN5O. The molecule has 1 aromatic carbocycles. The Morgan fingerprint density at radius 2 is 2.27 bits per heavy atom. The summed E-state index contributed by atoms with van der Waals surface area (Å²) in [6, 6.07) is 6.13. The molecule has 3 N–H and O–H groups in total. The summed E-state index contributed by atoms with van der Waals surface area (Å²) in [5.41, 5.74) is 2.16. The van der Waals surface area contributed by atoms with Crippen LogP contribution in [0.4, 0.5) is 15.1 Å². The third kappa shape index (κ3) is 2.73. The Morgan fingerprint density at radius 3 is 3.00 bits per heavy atom. The minimum absolute atomic E-state index is 0.267. The number of nitrogens with zero attached hydrogens (tertiary/aromatic N) is 2. The number of anilines is 1. The van der Waals surface area contributed by atoms with Crippen molar-refractivity contribution < 1.29 is 9.18 Å². The molecule has 0 aliphatic rings. The second kappa shape index (κ2) is 5.80. The fourth-order valence-electron chi connectivity index (χ4n) is 2.15. The first-order valence-electron chi connectivity index (χ1n) is 6.82. The first-order chi connectivity index (χ1) is 10.7. The number of halogens is 1. The van der Waals surface area contributed by atoms with Crippen LogP contribution in [0.3, 0.4) is 0 Å². The summed E-state index contributed by atoms with van der Waals surface area (Å²) in [5.74, 6) is -0.114. The number of urea groups is 1. The van der Waals surface area contributed by atoms with Crippen molar-refractivity contribution >= 4 is 23.0 Å². The number of carbonyl (C=O) groups excluding carboxylic acids is 1. The molecule has 3 aromatic rings. The quantitative estimate of drug-likeness (QED) is 0.695. The maximum Gasteiger partial charge on any atom is 0.321 e. The number of fused-ring (bicyclic) bond motifs is 1. The number of nitrogens with one attached hydrogen (secondary N) is 3. The Labute approximate surface area is 125 Å². The summed E-state index contributed by atoms with van der Waals surface area (Å²) in [7, 11) is 0. The lowest BCUT2D eigenvalue weighted by molar-refractivity contribution is 0.252. The fraction of sp³-hybridized carbons (Fsp3) is 0.133. The van der Waals surface area contributed by atoms with Gasteiger partial charge < -0.3 is 10.3 Å². The van der Waals surface area contributed by atoms with E-state index in [0.29, 0.717) is 28.7 Å². The number of H-pyrrole nitrogens is 1. The Hall–Kier alpha value is -2.96. The number of benzene rings is 1. The third-order valence-electron chi connectivity index (χ3n) is 3.11. The van der Waals surface area contributed by atoms with Crippen LogP contribution < -0.4 is 10.6 Å². The van der Waals surface area contributed by atoms with Gasteiger partial charge in [-0.15, -0.1) is 0 Å². The second-order valence-corrected chi connectivity index (χ2v) is 4.66. The molecule has 22 heavy (non-hydrogen) atoms. The van der Waals surface area contributed by atoms with Crippen LogP contribution in [0.2, 0.25) is 0 Å². The van der Waals surface area contributed by atoms with Crippen LogP contribution in [0.25, 0.3) is 22.2 Å². The summed E-state index contributed by atoms with van der Waals surface area (Å²) in [6.07, 6.45) is 3.22. The van der Waals surface area contributed by atoms with Gasteiger partial charge in [0.15, 0.2) is 0 Å². The van der Waals surface area contributed by atoms with Gasteiger partial charge in [-0.1, -0.05) is 6.07 Å². The number of hydrogen-bond acceptors (Lipinski definition) is 3. The van der Waals surface area contributed by atoms with Gasteiger partial charge in [-0.2, -0.15) is 0 Å². The van der Waals surface area contributed by atoms with Crippen molar-refractivity contribution in [3.8, 4) is 11.1 Å². The van der Waals surface area contributed by atoms with E-state index in [2.05, 4.69) is 25.6 Å². The molecule has 3 rings (SSSR count). The first kappa shape index (κ1) is 14.0. The van der Waals surface area contributed by atoms with Crippen LogP contribution in [-0.2, 0) is 0 Å². The Balaban J connectivity index is 1.98. The van der Waals surface area contributed by atoms with Crippen LogP contribution >= 0.6 is 0 Å². The highest BCUT2D eigenvalue weighted by Crippen LogP contribution is 2.26. The molecule has 0 saturated carbocycles. The summed E-state index contributed by atoms with van der Waals surface area (Å²) in [5, 5.41) is 5.15. The predicted molar refractivity (Wildman–Crippen MR) is 82.0 cm³/mol. The lowest BCUT2D eigenvalue weighted by Crippen LogP contribution is -2.28. The highest BCUT2D eigenvalue weighted by atomic mass is 19.1. The molecule has 2 amide bonds. The highest BCUT2D eigenvalue weighted by molar-refractivity contribution is 5.90. The largest absolute Gasteiger partial charge is 0.338 e. The van der Waals surface area contributed by atoms with Crippen LogP contribution in [0.5, 0.6) is 0 Å². The molecule has 6 nitrogen and oxygen atoms in total. The molecule has 2 heterocycles. The van der Waals surface area contributed by atoms with E-state index in [1.54, 1.807) is 30.6 Å². The predicted octanol–water partition coefficient (Wildman–Crippen LogP) is 2.91. The van der Waals surface area contributed by atoms with E-state index in [1.807, 2.05) is 6.92 Å². The van der Waals surface area contributed by atoms with Crippen LogP contribution in [0, 0.1) is 5.82 Å². The Kier molecular flexibility index (Phi) is 3.69. The van der Waals surface area contributed by atoms with Gasteiger partial charge >= 0.3 is 6.03 Å². The zero-order valence-electron chi connectivity index (χ0n) is 11.9. The number of aromatic amines is 1. The molecule has 0 atom stereocenters. The smallest absolute Gasteiger partial charge is 0.321 e. The van der Waals surface area contributed by atoms with E-state index in [9.17, 15) is 9.18 Å². The molecule has 0 aliphatic heterocycles. The number of amides is 2. The maximum absolute atomic E-state index is 14.2. The minimum Gasteiger partial charge on any atom is -0.338 e. The third-order valence-corrected chi connectivity index (χ3v) is 3.11. The van der Waals surface area contributed by atoms with Crippen molar-refractivity contribution in [1.29, 1.82) is 0 Å². The van der Waals surface area contributed by atoms with E-state index in [4.69, 9.17) is 0 Å². The fourth-order valence-corrected chi connectivity index (χ4v) is 2.15. The zero-order chi connectivity index (χ0) is 15.5. The van der Waals surface area contributed by atoms with Crippen molar-refractivity contribution in [1.82, 2.24) is 20.3 Å². The number of hydrogen-bond donors (Lipinski definition) is 3. The molecule has 0 radical (unpaired) electrons. The standard InChI is InChI=1S/C15H14FN5O/c1-2-18-15(22)21-14-19-12-6-10(9-4-3-5-17-8-9)11(16)7-13(12)20-14/h3-8H,2H2,1H3,(H3,18,19,20,21,22). The van der Waals surface area contributed by atoms with Crippen molar-refractivity contribution in [2.75, 3.05) is 11.9 Å². The normalized spacial score (nSPS) is 10.6. The second-order valence-electron chi connectivity index (χ2n) is 4.66. The summed E-state index contributed by atoms with van der Waals surface area (Å²) in [6.45, 7) is 2.32. The van der Waals surface area contributed by atoms with Crippen molar-refractivity contribution in [3.63, 3.8) is 0 Å². The number of pyridine rings is 1. The Morgan fingerprint density at radius 1 is 1.41 bits per heavy atom. The van der Waals surface area contributed by atoms with E-state index < -0.39 is 0 Å². The number of carbonyl (C=O) groups is 1. The molecule has 0 bridgehead atoms. The first-order valence-corrected chi connectivity index (χ1v) is 6.82. The number of aromatic nitrogens is 3. The van der Waals surface area contributed by atoms with Crippen molar-refractivity contribution in [3.05, 3.63) is 42.5 Å². The van der Waals surface area contributed by atoms with Crippen molar-refractivity contribution in [2.45, 2.75) is 6.92 Å².